The van der Waals surface area contributed by atoms with Crippen LogP contribution in [0.15, 0.2) is 46.9 Å². The Balaban J connectivity index is 2.27. The molecule has 4 heteroatoms. The molecule has 0 bridgehead atoms. The Morgan fingerprint density at radius 2 is 1.95 bits per heavy atom. The van der Waals surface area contributed by atoms with Gasteiger partial charge in [-0.05, 0) is 36.8 Å². The number of benzene rings is 2. The fourth-order valence-electron chi connectivity index (χ4n) is 2.00. The monoisotopic (exact) mass is 321 g/mol. The molecule has 1 atom stereocenters. The van der Waals surface area contributed by atoms with E-state index in [-0.39, 0.29) is 17.5 Å². The first-order valence-electron chi connectivity index (χ1n) is 6.14. The van der Waals surface area contributed by atoms with Crippen molar-refractivity contribution >= 4 is 21.6 Å². The smallest absolute Gasteiger partial charge is 0.120 e. The van der Waals surface area contributed by atoms with Crippen LogP contribution in [0.3, 0.4) is 0 Å². The molecule has 0 aliphatic heterocycles. The fourth-order valence-corrected chi connectivity index (χ4v) is 2.38. The van der Waals surface area contributed by atoms with E-state index < -0.39 is 0 Å². The van der Waals surface area contributed by atoms with Crippen molar-refractivity contribution in [3.05, 3.63) is 52.5 Å². The van der Waals surface area contributed by atoms with E-state index in [1.807, 2.05) is 19.1 Å². The van der Waals surface area contributed by atoms with Crippen LogP contribution in [0, 0.1) is 0 Å². The molecule has 0 aliphatic rings. The topological polar surface area (TPSA) is 52.5 Å². The van der Waals surface area contributed by atoms with Gasteiger partial charge in [0, 0.05) is 21.8 Å². The molecular formula is C15H16BrNO2. The number of anilines is 1. The predicted octanol–water partition coefficient (Wildman–Crippen LogP) is 4.42. The first-order chi connectivity index (χ1) is 9.10. The van der Waals surface area contributed by atoms with Gasteiger partial charge in [-0.1, -0.05) is 28.9 Å². The van der Waals surface area contributed by atoms with Crippen LogP contribution in [0.5, 0.6) is 11.5 Å². The molecule has 0 saturated heterocycles. The summed E-state index contributed by atoms with van der Waals surface area (Å²) < 4.78 is 0.927. The number of phenolic OH excluding ortho intramolecular Hbond substituents is 2. The van der Waals surface area contributed by atoms with Gasteiger partial charge in [0.15, 0.2) is 0 Å². The third-order valence-electron chi connectivity index (χ3n) is 2.96. The Bertz CT molecular complexity index is 572. The van der Waals surface area contributed by atoms with Crippen LogP contribution in [-0.2, 0) is 0 Å². The molecule has 0 spiro atoms. The molecule has 0 saturated carbocycles. The van der Waals surface area contributed by atoms with Crippen LogP contribution in [0.2, 0.25) is 0 Å². The summed E-state index contributed by atoms with van der Waals surface area (Å²) in [6, 6.07) is 12.3. The van der Waals surface area contributed by atoms with Crippen molar-refractivity contribution in [2.45, 2.75) is 19.4 Å². The minimum Gasteiger partial charge on any atom is -0.508 e. The van der Waals surface area contributed by atoms with Gasteiger partial charge in [-0.3, -0.25) is 0 Å². The highest BCUT2D eigenvalue weighted by molar-refractivity contribution is 9.10. The first kappa shape index (κ1) is 13.7. The lowest BCUT2D eigenvalue weighted by Crippen LogP contribution is -2.09. The number of hydrogen-bond acceptors (Lipinski definition) is 3. The summed E-state index contributed by atoms with van der Waals surface area (Å²) in [5.41, 5.74) is 1.66. The van der Waals surface area contributed by atoms with Crippen molar-refractivity contribution in [3.63, 3.8) is 0 Å². The molecule has 0 aromatic heterocycles. The zero-order valence-corrected chi connectivity index (χ0v) is 12.2. The number of halogens is 1. The molecule has 1 unspecified atom stereocenters. The van der Waals surface area contributed by atoms with Crippen LogP contribution in [0.25, 0.3) is 0 Å². The second-order valence-corrected chi connectivity index (χ2v) is 5.27. The van der Waals surface area contributed by atoms with E-state index in [9.17, 15) is 10.2 Å². The van der Waals surface area contributed by atoms with Crippen molar-refractivity contribution in [3.8, 4) is 11.5 Å². The lowest BCUT2D eigenvalue weighted by atomic mass is 10.0. The van der Waals surface area contributed by atoms with E-state index in [0.717, 1.165) is 22.1 Å². The van der Waals surface area contributed by atoms with Gasteiger partial charge in [-0.2, -0.15) is 0 Å². The molecule has 0 heterocycles. The number of hydrogen-bond donors (Lipinski definition) is 3. The van der Waals surface area contributed by atoms with Gasteiger partial charge in [0.2, 0.25) is 0 Å². The quantitative estimate of drug-likeness (QED) is 0.781. The third-order valence-corrected chi connectivity index (χ3v) is 3.45. The molecule has 2 aromatic rings. The van der Waals surface area contributed by atoms with Crippen molar-refractivity contribution in [2.75, 3.05) is 5.32 Å². The molecule has 100 valence electrons. The highest BCUT2D eigenvalue weighted by Crippen LogP contribution is 2.32. The van der Waals surface area contributed by atoms with Gasteiger partial charge in [-0.25, -0.2) is 0 Å². The summed E-state index contributed by atoms with van der Waals surface area (Å²) >= 11 is 3.41. The van der Waals surface area contributed by atoms with Crippen molar-refractivity contribution < 1.29 is 10.2 Å². The Hall–Kier alpha value is -1.68. The normalized spacial score (nSPS) is 12.1. The van der Waals surface area contributed by atoms with Crippen molar-refractivity contribution in [1.29, 1.82) is 0 Å². The summed E-state index contributed by atoms with van der Waals surface area (Å²) in [7, 11) is 0. The van der Waals surface area contributed by atoms with Gasteiger partial charge in [0.05, 0.1) is 6.04 Å². The molecule has 3 nitrogen and oxygen atoms in total. The van der Waals surface area contributed by atoms with Crippen LogP contribution in [0.4, 0.5) is 5.69 Å². The molecule has 0 radical (unpaired) electrons. The minimum atomic E-state index is -0.0145. The van der Waals surface area contributed by atoms with Crippen molar-refractivity contribution in [1.82, 2.24) is 0 Å². The molecule has 3 N–H and O–H groups in total. The van der Waals surface area contributed by atoms with E-state index in [1.165, 1.54) is 0 Å². The molecule has 2 rings (SSSR count). The maximum atomic E-state index is 9.96. The average Bonchev–Trinajstić information content (AvgIpc) is 2.39. The Morgan fingerprint density at radius 1 is 1.16 bits per heavy atom. The first-order valence-corrected chi connectivity index (χ1v) is 6.93. The zero-order chi connectivity index (χ0) is 13.8. The van der Waals surface area contributed by atoms with Crippen LogP contribution < -0.4 is 5.32 Å². The number of rotatable bonds is 4. The van der Waals surface area contributed by atoms with E-state index in [4.69, 9.17) is 0 Å². The van der Waals surface area contributed by atoms with E-state index in [1.54, 1.807) is 30.3 Å². The largest absolute Gasteiger partial charge is 0.508 e. The maximum absolute atomic E-state index is 9.96. The van der Waals surface area contributed by atoms with Crippen LogP contribution in [-0.4, -0.2) is 10.2 Å². The van der Waals surface area contributed by atoms with Crippen LogP contribution in [0.1, 0.15) is 24.9 Å². The minimum absolute atomic E-state index is 0.0145. The molecule has 0 aliphatic carbocycles. The average molecular weight is 322 g/mol. The maximum Gasteiger partial charge on any atom is 0.120 e. The van der Waals surface area contributed by atoms with Gasteiger partial charge >= 0.3 is 0 Å². The second-order valence-electron chi connectivity index (χ2n) is 4.36. The fraction of sp³-hybridized carbons (Fsp3) is 0.200. The highest BCUT2D eigenvalue weighted by Gasteiger charge is 2.14. The van der Waals surface area contributed by atoms with Gasteiger partial charge in [0.25, 0.3) is 0 Å². The highest BCUT2D eigenvalue weighted by atomic mass is 79.9. The summed E-state index contributed by atoms with van der Waals surface area (Å²) in [5.74, 6) is 0.487. The summed E-state index contributed by atoms with van der Waals surface area (Å²) in [4.78, 5) is 0. The molecule has 0 amide bonds. The van der Waals surface area contributed by atoms with Crippen molar-refractivity contribution in [2.24, 2.45) is 0 Å². The molecule has 0 fully saturated rings. The summed E-state index contributed by atoms with van der Waals surface area (Å²) in [6.45, 7) is 2.04. The van der Waals surface area contributed by atoms with Gasteiger partial charge < -0.3 is 15.5 Å². The van der Waals surface area contributed by atoms with Crippen LogP contribution >= 0.6 is 15.9 Å². The Labute approximate surface area is 121 Å². The SMILES string of the molecule is CCC(Nc1cccc(O)c1)c1cc(Br)ccc1O. The Morgan fingerprint density at radius 3 is 2.63 bits per heavy atom. The Kier molecular flexibility index (Phi) is 4.32. The lowest BCUT2D eigenvalue weighted by Gasteiger charge is -2.20. The standard InChI is InChI=1S/C15H16BrNO2/c1-2-14(13-8-10(16)6-7-15(13)19)17-11-4-3-5-12(18)9-11/h3-9,14,17-19H,2H2,1H3. The number of aromatic hydroxyl groups is 2. The molecular weight excluding hydrogens is 306 g/mol. The van der Waals surface area contributed by atoms with E-state index in [2.05, 4.69) is 21.2 Å². The zero-order valence-electron chi connectivity index (χ0n) is 10.6. The predicted molar refractivity (Wildman–Crippen MR) is 80.6 cm³/mol. The van der Waals surface area contributed by atoms with E-state index >= 15 is 0 Å². The second kappa shape index (κ2) is 5.97. The number of phenols is 2. The molecule has 2 aromatic carbocycles. The molecule has 19 heavy (non-hydrogen) atoms. The number of nitrogens with one attached hydrogen (secondary N) is 1. The summed E-state index contributed by atoms with van der Waals surface area (Å²) in [6.07, 6.45) is 0.819. The lowest BCUT2D eigenvalue weighted by molar-refractivity contribution is 0.462. The third kappa shape index (κ3) is 3.41. The van der Waals surface area contributed by atoms with Gasteiger partial charge in [0.1, 0.15) is 11.5 Å². The van der Waals surface area contributed by atoms with E-state index in [0.29, 0.717) is 0 Å². The summed E-state index contributed by atoms with van der Waals surface area (Å²) in [5, 5.41) is 22.7. The van der Waals surface area contributed by atoms with Gasteiger partial charge in [-0.15, -0.1) is 0 Å².